The van der Waals surface area contributed by atoms with E-state index in [1.165, 1.54) is 0 Å². The lowest BCUT2D eigenvalue weighted by Gasteiger charge is -1.96. The number of hydrogen-bond donors (Lipinski definition) is 1. The maximum atomic E-state index is 5.47. The molecule has 4 nitrogen and oxygen atoms in total. The first-order chi connectivity index (χ1) is 6.83. The Balaban J connectivity index is 2.07. The van der Waals surface area contributed by atoms with Gasteiger partial charge in [0.25, 0.3) is 0 Å². The summed E-state index contributed by atoms with van der Waals surface area (Å²) in [5.41, 5.74) is 0. The molecule has 1 heterocycles. The highest BCUT2D eigenvalue weighted by Crippen LogP contribution is 1.95. The molecular formula is C9H14ClN3O. The van der Waals surface area contributed by atoms with Crippen LogP contribution in [-0.2, 0) is 6.42 Å². The van der Waals surface area contributed by atoms with Crippen molar-refractivity contribution in [2.24, 2.45) is 0 Å². The molecule has 0 saturated carbocycles. The standard InChI is InChI=1S/C9H14ClN3O/c1-8-12-9(14-13-8)4-7-11-6-3-2-5-10/h2-3,11H,4-7H2,1H3/b3-2+. The Kier molecular flexibility index (Phi) is 5.25. The number of nitrogens with zero attached hydrogens (tertiary/aromatic N) is 2. The predicted molar refractivity (Wildman–Crippen MR) is 55.5 cm³/mol. The third-order valence-electron chi connectivity index (χ3n) is 1.60. The summed E-state index contributed by atoms with van der Waals surface area (Å²) in [6.07, 6.45) is 4.66. The minimum Gasteiger partial charge on any atom is -0.339 e. The second-order valence-corrected chi connectivity index (χ2v) is 3.12. The fourth-order valence-corrected chi connectivity index (χ4v) is 1.09. The van der Waals surface area contributed by atoms with E-state index in [0.717, 1.165) is 19.5 Å². The molecule has 78 valence electrons. The summed E-state index contributed by atoms with van der Waals surface area (Å²) in [6.45, 7) is 3.46. The number of aryl methyl sites for hydroxylation is 1. The molecule has 1 aromatic heterocycles. The highest BCUT2D eigenvalue weighted by atomic mass is 35.5. The molecule has 1 N–H and O–H groups in total. The van der Waals surface area contributed by atoms with E-state index >= 15 is 0 Å². The molecule has 5 heteroatoms. The van der Waals surface area contributed by atoms with Crippen molar-refractivity contribution in [2.75, 3.05) is 19.0 Å². The summed E-state index contributed by atoms with van der Waals surface area (Å²) in [7, 11) is 0. The van der Waals surface area contributed by atoms with Gasteiger partial charge in [-0.1, -0.05) is 17.3 Å². The summed E-state index contributed by atoms with van der Waals surface area (Å²) in [5, 5.41) is 6.90. The first-order valence-electron chi connectivity index (χ1n) is 4.54. The Labute approximate surface area is 88.3 Å². The predicted octanol–water partition coefficient (Wildman–Crippen LogP) is 1.31. The number of aromatic nitrogens is 2. The van der Waals surface area contributed by atoms with E-state index in [2.05, 4.69) is 15.5 Å². The van der Waals surface area contributed by atoms with Crippen molar-refractivity contribution in [3.05, 3.63) is 23.9 Å². The molecule has 0 aliphatic rings. The van der Waals surface area contributed by atoms with Crippen LogP contribution in [0.5, 0.6) is 0 Å². The first kappa shape index (κ1) is 11.2. The van der Waals surface area contributed by atoms with Gasteiger partial charge in [0.15, 0.2) is 5.82 Å². The van der Waals surface area contributed by atoms with E-state index in [1.54, 1.807) is 0 Å². The van der Waals surface area contributed by atoms with Gasteiger partial charge in [-0.2, -0.15) is 4.98 Å². The molecule has 0 aromatic carbocycles. The Morgan fingerprint density at radius 2 is 2.36 bits per heavy atom. The van der Waals surface area contributed by atoms with Crippen LogP contribution in [0.2, 0.25) is 0 Å². The molecule has 1 rings (SSSR count). The second-order valence-electron chi connectivity index (χ2n) is 2.82. The molecule has 0 fully saturated rings. The van der Waals surface area contributed by atoms with Gasteiger partial charge in [-0.05, 0) is 6.92 Å². The molecule has 0 unspecified atom stereocenters. The fourth-order valence-electron chi connectivity index (χ4n) is 0.969. The van der Waals surface area contributed by atoms with Crippen molar-refractivity contribution in [3.8, 4) is 0 Å². The minimum atomic E-state index is 0.560. The van der Waals surface area contributed by atoms with E-state index in [1.807, 2.05) is 19.1 Å². The van der Waals surface area contributed by atoms with Crippen LogP contribution in [0.15, 0.2) is 16.7 Å². The maximum Gasteiger partial charge on any atom is 0.227 e. The highest BCUT2D eigenvalue weighted by Gasteiger charge is 2.00. The van der Waals surface area contributed by atoms with E-state index in [-0.39, 0.29) is 0 Å². The molecule has 0 bridgehead atoms. The van der Waals surface area contributed by atoms with Gasteiger partial charge >= 0.3 is 0 Å². The van der Waals surface area contributed by atoms with Crippen LogP contribution in [0.25, 0.3) is 0 Å². The Hall–Kier alpha value is -0.870. The van der Waals surface area contributed by atoms with Gasteiger partial charge in [0, 0.05) is 25.4 Å². The van der Waals surface area contributed by atoms with Gasteiger partial charge in [0.2, 0.25) is 5.89 Å². The lowest BCUT2D eigenvalue weighted by Crippen LogP contribution is -2.17. The lowest BCUT2D eigenvalue weighted by molar-refractivity contribution is 0.373. The zero-order chi connectivity index (χ0) is 10.2. The normalized spacial score (nSPS) is 11.3. The monoisotopic (exact) mass is 215 g/mol. The van der Waals surface area contributed by atoms with Crippen LogP contribution >= 0.6 is 11.6 Å². The third-order valence-corrected chi connectivity index (χ3v) is 1.78. The van der Waals surface area contributed by atoms with Gasteiger partial charge < -0.3 is 9.84 Å². The number of nitrogens with one attached hydrogen (secondary N) is 1. The molecule has 0 amide bonds. The smallest absolute Gasteiger partial charge is 0.227 e. The fraction of sp³-hybridized carbons (Fsp3) is 0.556. The van der Waals surface area contributed by atoms with Gasteiger partial charge in [0.1, 0.15) is 0 Å². The van der Waals surface area contributed by atoms with Crippen molar-refractivity contribution < 1.29 is 4.52 Å². The molecule has 0 spiro atoms. The average molecular weight is 216 g/mol. The number of rotatable bonds is 6. The van der Waals surface area contributed by atoms with E-state index in [9.17, 15) is 0 Å². The van der Waals surface area contributed by atoms with Gasteiger partial charge in [-0.3, -0.25) is 0 Å². The average Bonchev–Trinajstić information content (AvgIpc) is 2.58. The number of hydrogen-bond acceptors (Lipinski definition) is 4. The van der Waals surface area contributed by atoms with Gasteiger partial charge in [-0.25, -0.2) is 0 Å². The molecule has 14 heavy (non-hydrogen) atoms. The number of halogens is 1. The molecule has 0 aliphatic carbocycles. The summed E-state index contributed by atoms with van der Waals surface area (Å²) in [5.74, 6) is 1.92. The van der Waals surface area contributed by atoms with Crippen molar-refractivity contribution >= 4 is 11.6 Å². The van der Waals surface area contributed by atoms with E-state index in [0.29, 0.717) is 17.6 Å². The zero-order valence-electron chi connectivity index (χ0n) is 8.16. The van der Waals surface area contributed by atoms with Crippen LogP contribution in [0, 0.1) is 6.92 Å². The second kappa shape index (κ2) is 6.56. The largest absolute Gasteiger partial charge is 0.339 e. The Morgan fingerprint density at radius 1 is 1.50 bits per heavy atom. The Bertz CT molecular complexity index is 285. The molecule has 0 radical (unpaired) electrons. The van der Waals surface area contributed by atoms with E-state index in [4.69, 9.17) is 16.1 Å². The van der Waals surface area contributed by atoms with Gasteiger partial charge in [-0.15, -0.1) is 11.6 Å². The van der Waals surface area contributed by atoms with Crippen LogP contribution in [0.3, 0.4) is 0 Å². The lowest BCUT2D eigenvalue weighted by atomic mass is 10.4. The molecule has 1 aromatic rings. The highest BCUT2D eigenvalue weighted by molar-refractivity contribution is 6.18. The summed E-state index contributed by atoms with van der Waals surface area (Å²) < 4.78 is 4.95. The molecule has 0 atom stereocenters. The van der Waals surface area contributed by atoms with E-state index < -0.39 is 0 Å². The maximum absolute atomic E-state index is 5.47. The van der Waals surface area contributed by atoms with Crippen LogP contribution in [-0.4, -0.2) is 29.1 Å². The molecular weight excluding hydrogens is 202 g/mol. The van der Waals surface area contributed by atoms with Crippen molar-refractivity contribution in [3.63, 3.8) is 0 Å². The third kappa shape index (κ3) is 4.39. The Morgan fingerprint density at radius 3 is 3.00 bits per heavy atom. The van der Waals surface area contributed by atoms with Crippen LogP contribution < -0.4 is 5.32 Å². The van der Waals surface area contributed by atoms with Gasteiger partial charge in [0.05, 0.1) is 0 Å². The summed E-state index contributed by atoms with van der Waals surface area (Å²) >= 11 is 5.47. The minimum absolute atomic E-state index is 0.560. The summed E-state index contributed by atoms with van der Waals surface area (Å²) in [6, 6.07) is 0. The van der Waals surface area contributed by atoms with Crippen molar-refractivity contribution in [1.82, 2.24) is 15.5 Å². The zero-order valence-corrected chi connectivity index (χ0v) is 8.92. The SMILES string of the molecule is Cc1noc(CCNC/C=C/CCl)n1. The quantitative estimate of drug-likeness (QED) is 0.442. The first-order valence-corrected chi connectivity index (χ1v) is 5.07. The van der Waals surface area contributed by atoms with Crippen LogP contribution in [0.4, 0.5) is 0 Å². The number of alkyl halides is 1. The number of allylic oxidation sites excluding steroid dienone is 1. The molecule has 0 saturated heterocycles. The topological polar surface area (TPSA) is 51.0 Å². The van der Waals surface area contributed by atoms with Crippen molar-refractivity contribution in [2.45, 2.75) is 13.3 Å². The van der Waals surface area contributed by atoms with Crippen molar-refractivity contribution in [1.29, 1.82) is 0 Å². The molecule has 0 aliphatic heterocycles. The van der Waals surface area contributed by atoms with Crippen LogP contribution in [0.1, 0.15) is 11.7 Å². The summed E-state index contributed by atoms with van der Waals surface area (Å²) in [4.78, 5) is 4.09.